The van der Waals surface area contributed by atoms with Gasteiger partial charge in [0.2, 0.25) is 5.78 Å². The van der Waals surface area contributed by atoms with E-state index < -0.39 is 11.7 Å². The molecule has 0 saturated heterocycles. The van der Waals surface area contributed by atoms with E-state index in [9.17, 15) is 9.59 Å². The molecule has 2 aromatic rings. The van der Waals surface area contributed by atoms with E-state index in [0.29, 0.717) is 12.1 Å². The summed E-state index contributed by atoms with van der Waals surface area (Å²) >= 11 is 0. The zero-order chi connectivity index (χ0) is 15.5. The van der Waals surface area contributed by atoms with Gasteiger partial charge in [0.25, 0.3) is 5.91 Å². The maximum absolute atomic E-state index is 12.6. The third-order valence-electron chi connectivity index (χ3n) is 3.95. The summed E-state index contributed by atoms with van der Waals surface area (Å²) in [4.78, 5) is 26.7. The van der Waals surface area contributed by atoms with Crippen LogP contribution in [0, 0.1) is 6.92 Å². The highest BCUT2D eigenvalue weighted by Crippen LogP contribution is 2.29. The van der Waals surface area contributed by atoms with E-state index in [-0.39, 0.29) is 6.04 Å². The fraction of sp³-hybridized carbons (Fsp3) is 0.263. The molecule has 0 aliphatic heterocycles. The van der Waals surface area contributed by atoms with E-state index in [1.54, 1.807) is 17.0 Å². The van der Waals surface area contributed by atoms with E-state index in [1.165, 1.54) is 0 Å². The molecule has 0 unspecified atom stereocenters. The van der Waals surface area contributed by atoms with Crippen molar-refractivity contribution in [3.63, 3.8) is 0 Å². The van der Waals surface area contributed by atoms with Crippen LogP contribution in [0.2, 0.25) is 0 Å². The SMILES string of the molecule is Cc1ccc(C(=O)C(=O)N(Cc2ccccc2)C2CC2)cc1. The number of aryl methyl sites for hydroxylation is 1. The Kier molecular flexibility index (Phi) is 4.05. The molecule has 3 heteroatoms. The maximum Gasteiger partial charge on any atom is 0.295 e. The average molecular weight is 293 g/mol. The van der Waals surface area contributed by atoms with Crippen LogP contribution in [0.1, 0.15) is 34.3 Å². The molecule has 0 bridgehead atoms. The lowest BCUT2D eigenvalue weighted by atomic mass is 10.1. The Morgan fingerprint density at radius 2 is 1.64 bits per heavy atom. The van der Waals surface area contributed by atoms with Crippen molar-refractivity contribution in [2.45, 2.75) is 32.4 Å². The van der Waals surface area contributed by atoms with Crippen LogP contribution in [0.5, 0.6) is 0 Å². The lowest BCUT2D eigenvalue weighted by Crippen LogP contribution is -2.37. The lowest BCUT2D eigenvalue weighted by molar-refractivity contribution is -0.127. The summed E-state index contributed by atoms with van der Waals surface area (Å²) in [5.41, 5.74) is 2.60. The highest BCUT2D eigenvalue weighted by Gasteiger charge is 2.35. The summed E-state index contributed by atoms with van der Waals surface area (Å²) in [5.74, 6) is -0.807. The second kappa shape index (κ2) is 6.14. The minimum absolute atomic E-state index is 0.210. The number of hydrogen-bond donors (Lipinski definition) is 0. The number of carbonyl (C=O) groups excluding carboxylic acids is 2. The second-order valence-corrected chi connectivity index (χ2v) is 5.84. The number of nitrogens with zero attached hydrogens (tertiary/aromatic N) is 1. The number of carbonyl (C=O) groups is 2. The summed E-state index contributed by atoms with van der Waals surface area (Å²) < 4.78 is 0. The summed E-state index contributed by atoms with van der Waals surface area (Å²) in [5, 5.41) is 0. The van der Waals surface area contributed by atoms with Crippen LogP contribution in [-0.4, -0.2) is 22.6 Å². The molecule has 1 amide bonds. The standard InChI is InChI=1S/C19H19NO2/c1-14-7-9-16(10-8-14)18(21)19(22)20(17-11-12-17)13-15-5-3-2-4-6-15/h2-10,17H,11-13H2,1H3. The van der Waals surface area contributed by atoms with Crippen molar-refractivity contribution in [2.24, 2.45) is 0 Å². The predicted octanol–water partition coefficient (Wildman–Crippen LogP) is 3.37. The van der Waals surface area contributed by atoms with Gasteiger partial charge < -0.3 is 4.90 Å². The number of hydrogen-bond acceptors (Lipinski definition) is 2. The molecule has 0 radical (unpaired) electrons. The van der Waals surface area contributed by atoms with Crippen molar-refractivity contribution in [2.75, 3.05) is 0 Å². The van der Waals surface area contributed by atoms with Crippen LogP contribution in [-0.2, 0) is 11.3 Å². The van der Waals surface area contributed by atoms with Crippen molar-refractivity contribution >= 4 is 11.7 Å². The van der Waals surface area contributed by atoms with Gasteiger partial charge in [-0.3, -0.25) is 9.59 Å². The zero-order valence-corrected chi connectivity index (χ0v) is 12.7. The largest absolute Gasteiger partial charge is 0.328 e. The first-order valence-electron chi connectivity index (χ1n) is 7.61. The maximum atomic E-state index is 12.6. The van der Waals surface area contributed by atoms with Crippen LogP contribution >= 0.6 is 0 Å². The predicted molar refractivity (Wildman–Crippen MR) is 85.5 cm³/mol. The molecule has 1 aliphatic rings. The lowest BCUT2D eigenvalue weighted by Gasteiger charge is -2.21. The summed E-state index contributed by atoms with van der Waals surface area (Å²) in [6.07, 6.45) is 1.97. The van der Waals surface area contributed by atoms with Gasteiger partial charge >= 0.3 is 0 Å². The molecular weight excluding hydrogens is 274 g/mol. The quantitative estimate of drug-likeness (QED) is 0.626. The second-order valence-electron chi connectivity index (χ2n) is 5.84. The van der Waals surface area contributed by atoms with Gasteiger partial charge in [0.1, 0.15) is 0 Å². The smallest absolute Gasteiger partial charge is 0.295 e. The van der Waals surface area contributed by atoms with Crippen LogP contribution < -0.4 is 0 Å². The Morgan fingerprint density at radius 1 is 1.00 bits per heavy atom. The molecular formula is C19H19NO2. The average Bonchev–Trinajstić information content (AvgIpc) is 3.38. The first kappa shape index (κ1) is 14.5. The Labute approximate surface area is 130 Å². The monoisotopic (exact) mass is 293 g/mol. The summed E-state index contributed by atoms with van der Waals surface area (Å²) in [7, 11) is 0. The zero-order valence-electron chi connectivity index (χ0n) is 12.7. The van der Waals surface area contributed by atoms with Crippen molar-refractivity contribution < 1.29 is 9.59 Å². The highest BCUT2D eigenvalue weighted by molar-refractivity contribution is 6.42. The molecule has 0 N–H and O–H groups in total. The number of rotatable bonds is 5. The molecule has 3 nitrogen and oxygen atoms in total. The molecule has 1 aliphatic carbocycles. The van der Waals surface area contributed by atoms with Crippen molar-refractivity contribution in [3.8, 4) is 0 Å². The van der Waals surface area contributed by atoms with Gasteiger partial charge in [-0.05, 0) is 25.3 Å². The molecule has 0 atom stereocenters. The molecule has 3 rings (SSSR count). The van der Waals surface area contributed by atoms with Crippen LogP contribution in [0.3, 0.4) is 0 Å². The van der Waals surface area contributed by atoms with Crippen molar-refractivity contribution in [3.05, 3.63) is 71.3 Å². The van der Waals surface area contributed by atoms with E-state index in [2.05, 4.69) is 0 Å². The summed E-state index contributed by atoms with van der Waals surface area (Å²) in [6, 6.07) is 17.2. The molecule has 1 saturated carbocycles. The number of Topliss-reactive ketones (excluding diaryl/α,β-unsaturated/α-hetero) is 1. The van der Waals surface area contributed by atoms with Gasteiger partial charge in [0.15, 0.2) is 0 Å². The number of amides is 1. The molecule has 112 valence electrons. The third-order valence-corrected chi connectivity index (χ3v) is 3.95. The fourth-order valence-electron chi connectivity index (χ4n) is 2.49. The Balaban J connectivity index is 1.78. The van der Waals surface area contributed by atoms with E-state index in [4.69, 9.17) is 0 Å². The molecule has 22 heavy (non-hydrogen) atoms. The van der Waals surface area contributed by atoms with Gasteiger partial charge in [0, 0.05) is 18.2 Å². The van der Waals surface area contributed by atoms with Crippen LogP contribution in [0.4, 0.5) is 0 Å². The van der Waals surface area contributed by atoms with E-state index >= 15 is 0 Å². The number of benzene rings is 2. The minimum atomic E-state index is -0.414. The Bertz CT molecular complexity index is 672. The highest BCUT2D eigenvalue weighted by atomic mass is 16.2. The first-order valence-corrected chi connectivity index (χ1v) is 7.61. The minimum Gasteiger partial charge on any atom is -0.328 e. The molecule has 0 heterocycles. The topological polar surface area (TPSA) is 37.4 Å². The first-order chi connectivity index (χ1) is 10.6. The van der Waals surface area contributed by atoms with Gasteiger partial charge in [-0.25, -0.2) is 0 Å². The molecule has 0 spiro atoms. The van der Waals surface area contributed by atoms with Gasteiger partial charge in [-0.15, -0.1) is 0 Å². The fourth-order valence-corrected chi connectivity index (χ4v) is 2.49. The normalized spacial score (nSPS) is 13.7. The Morgan fingerprint density at radius 3 is 2.23 bits per heavy atom. The van der Waals surface area contributed by atoms with Gasteiger partial charge in [0.05, 0.1) is 0 Å². The molecule has 2 aromatic carbocycles. The van der Waals surface area contributed by atoms with E-state index in [0.717, 1.165) is 24.0 Å². The molecule has 1 fully saturated rings. The van der Waals surface area contributed by atoms with E-state index in [1.807, 2.05) is 49.4 Å². The van der Waals surface area contributed by atoms with Gasteiger partial charge in [-0.1, -0.05) is 60.2 Å². The van der Waals surface area contributed by atoms with Crippen molar-refractivity contribution in [1.82, 2.24) is 4.90 Å². The van der Waals surface area contributed by atoms with Crippen LogP contribution in [0.15, 0.2) is 54.6 Å². The molecule has 0 aromatic heterocycles. The summed E-state index contributed by atoms with van der Waals surface area (Å²) in [6.45, 7) is 2.46. The Hall–Kier alpha value is -2.42. The van der Waals surface area contributed by atoms with Gasteiger partial charge in [-0.2, -0.15) is 0 Å². The van der Waals surface area contributed by atoms with Crippen LogP contribution in [0.25, 0.3) is 0 Å². The number of ketones is 1. The third kappa shape index (κ3) is 3.25. The van der Waals surface area contributed by atoms with Crippen molar-refractivity contribution in [1.29, 1.82) is 0 Å².